The number of hydrogen-bond acceptors (Lipinski definition) is 2. The molecule has 0 atom stereocenters. The maximum atomic E-state index is 6.05. The summed E-state index contributed by atoms with van der Waals surface area (Å²) in [6.45, 7) is 4.94. The molecule has 0 aliphatic carbocycles. The van der Waals surface area contributed by atoms with Crippen LogP contribution in [0.1, 0.15) is 30.7 Å². The fraction of sp³-hybridized carbons (Fsp3) is 0.412. The van der Waals surface area contributed by atoms with E-state index in [9.17, 15) is 0 Å². The topological polar surface area (TPSA) is 68.2 Å². The van der Waals surface area contributed by atoms with Gasteiger partial charge in [-0.1, -0.05) is 32.0 Å². The molecule has 2 aromatic rings. The van der Waals surface area contributed by atoms with Gasteiger partial charge in [-0.25, -0.2) is 0 Å². The summed E-state index contributed by atoms with van der Waals surface area (Å²) in [7, 11) is 1.94. The number of nitrogens with two attached hydrogens (primary N) is 1. The van der Waals surface area contributed by atoms with Crippen molar-refractivity contribution in [3.8, 4) is 0 Å². The fourth-order valence-corrected chi connectivity index (χ4v) is 2.51. The molecule has 0 bridgehead atoms. The zero-order chi connectivity index (χ0) is 15.9. The van der Waals surface area contributed by atoms with Gasteiger partial charge in [-0.2, -0.15) is 5.10 Å². The second kappa shape index (κ2) is 9.54. The van der Waals surface area contributed by atoms with E-state index in [1.54, 1.807) is 6.20 Å². The third kappa shape index (κ3) is 5.23. The van der Waals surface area contributed by atoms with E-state index in [0.717, 1.165) is 30.6 Å². The Labute approximate surface area is 155 Å². The number of guanidine groups is 1. The van der Waals surface area contributed by atoms with Crippen LogP contribution >= 0.6 is 24.0 Å². The Morgan fingerprint density at radius 2 is 1.87 bits per heavy atom. The molecule has 0 saturated carbocycles. The Balaban J connectivity index is 0.00000264. The molecule has 0 aliphatic rings. The van der Waals surface area contributed by atoms with Crippen molar-refractivity contribution >= 4 is 35.6 Å². The minimum atomic E-state index is 0. The molecule has 3 N–H and O–H groups in total. The number of aliphatic imine (C=N–C) groups is 1. The fourth-order valence-electron chi connectivity index (χ4n) is 2.51. The summed E-state index contributed by atoms with van der Waals surface area (Å²) in [5, 5.41) is 7.43. The molecule has 1 aromatic carbocycles. The van der Waals surface area contributed by atoms with Crippen LogP contribution in [0.15, 0.2) is 35.5 Å². The number of para-hydroxylation sites is 1. The van der Waals surface area contributed by atoms with Crippen LogP contribution in [0.5, 0.6) is 0 Å². The lowest BCUT2D eigenvalue weighted by atomic mass is 10.0. The quantitative estimate of drug-likeness (QED) is 0.423. The maximum absolute atomic E-state index is 6.05. The zero-order valence-corrected chi connectivity index (χ0v) is 16.4. The van der Waals surface area contributed by atoms with Crippen molar-refractivity contribution in [2.75, 3.05) is 11.9 Å². The molecule has 6 heteroatoms. The van der Waals surface area contributed by atoms with Gasteiger partial charge in [-0.15, -0.1) is 24.0 Å². The molecule has 0 aliphatic heterocycles. The van der Waals surface area contributed by atoms with E-state index in [2.05, 4.69) is 47.5 Å². The van der Waals surface area contributed by atoms with Crippen LogP contribution in [0.2, 0.25) is 0 Å². The monoisotopic (exact) mass is 427 g/mol. The van der Waals surface area contributed by atoms with E-state index in [-0.39, 0.29) is 24.0 Å². The van der Waals surface area contributed by atoms with Crippen LogP contribution in [-0.4, -0.2) is 22.3 Å². The maximum Gasteiger partial charge on any atom is 0.193 e. The van der Waals surface area contributed by atoms with Crippen LogP contribution in [0.3, 0.4) is 0 Å². The first-order chi connectivity index (χ1) is 10.7. The molecule has 126 valence electrons. The highest BCUT2D eigenvalue weighted by atomic mass is 127. The Kier molecular flexibility index (Phi) is 8.08. The normalized spacial score (nSPS) is 11.2. The van der Waals surface area contributed by atoms with E-state index < -0.39 is 0 Å². The number of aryl methyl sites for hydroxylation is 3. The van der Waals surface area contributed by atoms with Gasteiger partial charge in [0.25, 0.3) is 0 Å². The van der Waals surface area contributed by atoms with E-state index >= 15 is 0 Å². The van der Waals surface area contributed by atoms with Gasteiger partial charge >= 0.3 is 0 Å². The molecule has 0 saturated heterocycles. The van der Waals surface area contributed by atoms with E-state index in [1.165, 1.54) is 11.1 Å². The summed E-state index contributed by atoms with van der Waals surface area (Å²) in [5.74, 6) is 0.470. The summed E-state index contributed by atoms with van der Waals surface area (Å²) in [4.78, 5) is 4.43. The highest BCUT2D eigenvalue weighted by Gasteiger charge is 2.07. The van der Waals surface area contributed by atoms with Gasteiger partial charge < -0.3 is 11.1 Å². The van der Waals surface area contributed by atoms with Crippen molar-refractivity contribution in [2.24, 2.45) is 17.8 Å². The smallest absolute Gasteiger partial charge is 0.193 e. The standard InChI is InChI=1S/C17H25N5.HI/c1-4-13-7-6-8-14(5-2)16(13)21-17(18)19-11-9-15-10-12-20-22(15)3;/h6-8,10,12H,4-5,9,11H2,1-3H3,(H3,18,19,21);1H. The lowest BCUT2D eigenvalue weighted by molar-refractivity contribution is 0.706. The Morgan fingerprint density at radius 1 is 1.22 bits per heavy atom. The Morgan fingerprint density at radius 3 is 2.39 bits per heavy atom. The number of nitrogens with one attached hydrogen (secondary N) is 1. The van der Waals surface area contributed by atoms with Crippen molar-refractivity contribution in [1.29, 1.82) is 0 Å². The van der Waals surface area contributed by atoms with Gasteiger partial charge in [0.15, 0.2) is 5.96 Å². The minimum Gasteiger partial charge on any atom is -0.370 e. The highest BCUT2D eigenvalue weighted by Crippen LogP contribution is 2.22. The third-order valence-electron chi connectivity index (χ3n) is 3.82. The second-order valence-electron chi connectivity index (χ2n) is 5.25. The number of hydrogen-bond donors (Lipinski definition) is 2. The van der Waals surface area contributed by atoms with Gasteiger partial charge in [0.05, 0.1) is 0 Å². The van der Waals surface area contributed by atoms with Crippen LogP contribution in [-0.2, 0) is 26.3 Å². The van der Waals surface area contributed by atoms with Gasteiger partial charge in [-0.3, -0.25) is 9.67 Å². The first kappa shape index (κ1) is 19.5. The number of nitrogens with zero attached hydrogens (tertiary/aromatic N) is 3. The summed E-state index contributed by atoms with van der Waals surface area (Å²) in [5.41, 5.74) is 10.8. The molecule has 0 unspecified atom stereocenters. The molecule has 2 rings (SSSR count). The first-order valence-corrected chi connectivity index (χ1v) is 7.80. The van der Waals surface area contributed by atoms with Gasteiger partial charge in [0.1, 0.15) is 0 Å². The van der Waals surface area contributed by atoms with E-state index in [4.69, 9.17) is 5.73 Å². The minimum absolute atomic E-state index is 0. The lowest BCUT2D eigenvalue weighted by Gasteiger charge is -2.14. The van der Waals surface area contributed by atoms with Crippen LogP contribution in [0.4, 0.5) is 5.69 Å². The van der Waals surface area contributed by atoms with Crippen molar-refractivity contribution in [2.45, 2.75) is 33.1 Å². The molecule has 5 nitrogen and oxygen atoms in total. The van der Waals surface area contributed by atoms with E-state index in [0.29, 0.717) is 12.5 Å². The Bertz CT molecular complexity index is 626. The van der Waals surface area contributed by atoms with Crippen molar-refractivity contribution < 1.29 is 0 Å². The second-order valence-corrected chi connectivity index (χ2v) is 5.25. The molecular weight excluding hydrogens is 401 g/mol. The molecule has 0 amide bonds. The summed E-state index contributed by atoms with van der Waals surface area (Å²) in [6.07, 6.45) is 4.57. The predicted octanol–water partition coefficient (Wildman–Crippen LogP) is 3.13. The molecule has 0 spiro atoms. The van der Waals surface area contributed by atoms with Crippen LogP contribution in [0, 0.1) is 0 Å². The average molecular weight is 427 g/mol. The molecule has 0 radical (unpaired) electrons. The largest absolute Gasteiger partial charge is 0.370 e. The first-order valence-electron chi connectivity index (χ1n) is 7.80. The summed E-state index contributed by atoms with van der Waals surface area (Å²) < 4.78 is 1.86. The number of halogens is 1. The Hall–Kier alpha value is -1.57. The van der Waals surface area contributed by atoms with Gasteiger partial charge in [-0.05, 0) is 30.0 Å². The molecule has 0 fully saturated rings. The molecular formula is C17H26IN5. The summed E-state index contributed by atoms with van der Waals surface area (Å²) in [6, 6.07) is 8.36. The SMILES string of the molecule is CCc1cccc(CC)c1NC(N)=NCCc1ccnn1C.I. The zero-order valence-electron chi connectivity index (χ0n) is 14.0. The van der Waals surface area contributed by atoms with E-state index in [1.807, 2.05) is 17.8 Å². The molecule has 23 heavy (non-hydrogen) atoms. The van der Waals surface area contributed by atoms with Crippen LogP contribution < -0.4 is 11.1 Å². The van der Waals surface area contributed by atoms with Crippen molar-refractivity contribution in [3.63, 3.8) is 0 Å². The molecule has 1 aromatic heterocycles. The lowest BCUT2D eigenvalue weighted by Crippen LogP contribution is -2.24. The number of benzene rings is 1. The van der Waals surface area contributed by atoms with Crippen molar-refractivity contribution in [1.82, 2.24) is 9.78 Å². The third-order valence-corrected chi connectivity index (χ3v) is 3.82. The van der Waals surface area contributed by atoms with Gasteiger partial charge in [0, 0.05) is 37.6 Å². The molecule has 1 heterocycles. The van der Waals surface area contributed by atoms with Crippen LogP contribution in [0.25, 0.3) is 0 Å². The predicted molar refractivity (Wildman–Crippen MR) is 108 cm³/mol. The van der Waals surface area contributed by atoms with Crippen molar-refractivity contribution in [3.05, 3.63) is 47.3 Å². The number of rotatable bonds is 6. The number of anilines is 1. The van der Waals surface area contributed by atoms with Gasteiger partial charge in [0.2, 0.25) is 0 Å². The average Bonchev–Trinajstić information content (AvgIpc) is 2.93. The summed E-state index contributed by atoms with van der Waals surface area (Å²) >= 11 is 0. The highest BCUT2D eigenvalue weighted by molar-refractivity contribution is 14.0. The number of aromatic nitrogens is 2.